The van der Waals surface area contributed by atoms with Crippen molar-refractivity contribution in [2.75, 3.05) is 17.1 Å². The summed E-state index contributed by atoms with van der Waals surface area (Å²) in [5.74, 6) is 1.23. The number of methoxy groups -OCH3 is 1. The molecule has 0 unspecified atom stereocenters. The summed E-state index contributed by atoms with van der Waals surface area (Å²) in [5.41, 5.74) is 3.03. The maximum absolute atomic E-state index is 12.6. The zero-order chi connectivity index (χ0) is 21.7. The lowest BCUT2D eigenvalue weighted by Crippen LogP contribution is -2.12. The number of sulfonamides is 1. The molecule has 2 N–H and O–H groups in total. The Balaban J connectivity index is 1.46. The quantitative estimate of drug-likeness (QED) is 0.440. The lowest BCUT2D eigenvalue weighted by molar-refractivity contribution is 0.414. The normalized spacial score (nSPS) is 11.0. The first-order valence-corrected chi connectivity index (χ1v) is 10.9. The van der Waals surface area contributed by atoms with Crippen LogP contribution in [0.1, 0.15) is 0 Å². The SMILES string of the molecule is COc1ccc(S(=O)(=O)Nc2ccc(Nc3cc(-c4ccccc4)ncn3)cc2)cc1. The molecular weight excluding hydrogens is 412 g/mol. The fraction of sp³-hybridized carbons (Fsp3) is 0.0435. The Labute approximate surface area is 180 Å². The second-order valence-electron chi connectivity index (χ2n) is 6.64. The van der Waals surface area contributed by atoms with Crippen LogP contribution in [-0.2, 0) is 10.0 Å². The summed E-state index contributed by atoms with van der Waals surface area (Å²) in [7, 11) is -2.16. The van der Waals surface area contributed by atoms with E-state index in [0.717, 1.165) is 16.9 Å². The van der Waals surface area contributed by atoms with Gasteiger partial charge in [0.15, 0.2) is 0 Å². The van der Waals surface area contributed by atoms with Gasteiger partial charge < -0.3 is 10.1 Å². The smallest absolute Gasteiger partial charge is 0.261 e. The van der Waals surface area contributed by atoms with Crippen LogP contribution in [0.15, 0.2) is 96.2 Å². The molecule has 0 aliphatic rings. The molecule has 0 amide bonds. The van der Waals surface area contributed by atoms with Gasteiger partial charge in [-0.25, -0.2) is 18.4 Å². The minimum absolute atomic E-state index is 0.157. The van der Waals surface area contributed by atoms with E-state index in [0.29, 0.717) is 17.3 Å². The number of nitrogens with one attached hydrogen (secondary N) is 2. The van der Waals surface area contributed by atoms with Crippen molar-refractivity contribution in [3.8, 4) is 17.0 Å². The van der Waals surface area contributed by atoms with Crippen molar-refractivity contribution >= 4 is 27.2 Å². The second-order valence-corrected chi connectivity index (χ2v) is 8.32. The third kappa shape index (κ3) is 4.99. The predicted octanol–water partition coefficient (Wildman–Crippen LogP) is 4.70. The standard InChI is InChI=1S/C23H20N4O3S/c1-30-20-11-13-21(14-12-20)31(28,29)27-19-9-7-18(8-10-19)26-23-15-22(24-16-25-23)17-5-3-2-4-6-17/h2-16,27H,1H3,(H,24,25,26). The minimum Gasteiger partial charge on any atom is -0.497 e. The van der Waals surface area contributed by atoms with Crippen LogP contribution in [0, 0.1) is 0 Å². The predicted molar refractivity (Wildman–Crippen MR) is 121 cm³/mol. The van der Waals surface area contributed by atoms with Gasteiger partial charge in [-0.15, -0.1) is 0 Å². The Hall–Kier alpha value is -3.91. The van der Waals surface area contributed by atoms with E-state index in [1.807, 2.05) is 36.4 Å². The minimum atomic E-state index is -3.69. The highest BCUT2D eigenvalue weighted by molar-refractivity contribution is 7.92. The van der Waals surface area contributed by atoms with Crippen molar-refractivity contribution in [3.63, 3.8) is 0 Å². The van der Waals surface area contributed by atoms with E-state index in [1.54, 1.807) is 36.4 Å². The zero-order valence-electron chi connectivity index (χ0n) is 16.7. The molecule has 0 saturated heterocycles. The van der Waals surface area contributed by atoms with Gasteiger partial charge in [-0.05, 0) is 48.5 Å². The van der Waals surface area contributed by atoms with Gasteiger partial charge in [0.2, 0.25) is 0 Å². The lowest BCUT2D eigenvalue weighted by atomic mass is 10.1. The fourth-order valence-corrected chi connectivity index (χ4v) is 3.99. The summed E-state index contributed by atoms with van der Waals surface area (Å²) < 4.78 is 32.8. The van der Waals surface area contributed by atoms with E-state index in [4.69, 9.17) is 4.74 Å². The van der Waals surface area contributed by atoms with Gasteiger partial charge in [0.1, 0.15) is 17.9 Å². The van der Waals surface area contributed by atoms with Crippen LogP contribution < -0.4 is 14.8 Å². The molecule has 0 radical (unpaired) electrons. The summed E-state index contributed by atoms with van der Waals surface area (Å²) in [4.78, 5) is 8.72. The number of hydrogen-bond donors (Lipinski definition) is 2. The molecule has 0 bridgehead atoms. The lowest BCUT2D eigenvalue weighted by Gasteiger charge is -2.11. The highest BCUT2D eigenvalue weighted by Gasteiger charge is 2.14. The molecule has 4 aromatic rings. The molecule has 0 aliphatic heterocycles. The van der Waals surface area contributed by atoms with Crippen LogP contribution in [0.4, 0.5) is 17.2 Å². The van der Waals surface area contributed by atoms with Crippen molar-refractivity contribution < 1.29 is 13.2 Å². The molecule has 0 fully saturated rings. The van der Waals surface area contributed by atoms with Crippen molar-refractivity contribution in [1.29, 1.82) is 0 Å². The van der Waals surface area contributed by atoms with Gasteiger partial charge in [0.25, 0.3) is 10.0 Å². The largest absolute Gasteiger partial charge is 0.497 e. The number of aromatic nitrogens is 2. The zero-order valence-corrected chi connectivity index (χ0v) is 17.5. The number of ether oxygens (including phenoxy) is 1. The molecule has 156 valence electrons. The molecule has 7 nitrogen and oxygen atoms in total. The van der Waals surface area contributed by atoms with E-state index < -0.39 is 10.0 Å². The number of benzene rings is 3. The third-order valence-corrected chi connectivity index (χ3v) is 5.91. The van der Waals surface area contributed by atoms with Crippen LogP contribution in [0.25, 0.3) is 11.3 Å². The Bertz CT molecular complexity index is 1260. The molecule has 8 heteroatoms. The Morgan fingerprint density at radius 2 is 1.48 bits per heavy atom. The molecule has 1 aromatic heterocycles. The molecule has 3 aromatic carbocycles. The van der Waals surface area contributed by atoms with Gasteiger partial charge in [0, 0.05) is 23.0 Å². The van der Waals surface area contributed by atoms with Crippen LogP contribution in [0.5, 0.6) is 5.75 Å². The Morgan fingerprint density at radius 1 is 0.806 bits per heavy atom. The van der Waals surface area contributed by atoms with Gasteiger partial charge in [0.05, 0.1) is 17.7 Å². The highest BCUT2D eigenvalue weighted by Crippen LogP contribution is 2.23. The molecular formula is C23H20N4O3S. The molecule has 0 atom stereocenters. The van der Waals surface area contributed by atoms with Crippen molar-refractivity contribution in [3.05, 3.63) is 91.3 Å². The van der Waals surface area contributed by atoms with Gasteiger partial charge in [-0.1, -0.05) is 30.3 Å². The number of hydrogen-bond acceptors (Lipinski definition) is 6. The van der Waals surface area contributed by atoms with Gasteiger partial charge >= 0.3 is 0 Å². The summed E-state index contributed by atoms with van der Waals surface area (Å²) >= 11 is 0. The molecule has 31 heavy (non-hydrogen) atoms. The molecule has 4 rings (SSSR count). The van der Waals surface area contributed by atoms with E-state index in [1.165, 1.54) is 25.6 Å². The van der Waals surface area contributed by atoms with Crippen LogP contribution in [-0.4, -0.2) is 25.5 Å². The van der Waals surface area contributed by atoms with E-state index in [-0.39, 0.29) is 4.90 Å². The number of anilines is 3. The monoisotopic (exact) mass is 432 g/mol. The Morgan fingerprint density at radius 3 is 2.16 bits per heavy atom. The maximum Gasteiger partial charge on any atom is 0.261 e. The first-order chi connectivity index (χ1) is 15.0. The fourth-order valence-electron chi connectivity index (χ4n) is 2.93. The highest BCUT2D eigenvalue weighted by atomic mass is 32.2. The van der Waals surface area contributed by atoms with Crippen molar-refractivity contribution in [1.82, 2.24) is 9.97 Å². The van der Waals surface area contributed by atoms with E-state index in [2.05, 4.69) is 20.0 Å². The number of rotatable bonds is 7. The van der Waals surface area contributed by atoms with Crippen molar-refractivity contribution in [2.24, 2.45) is 0 Å². The molecule has 0 spiro atoms. The first kappa shape index (κ1) is 20.4. The first-order valence-electron chi connectivity index (χ1n) is 9.45. The summed E-state index contributed by atoms with van der Waals surface area (Å²) in [6, 6.07) is 24.8. The average molecular weight is 433 g/mol. The molecule has 0 saturated carbocycles. The van der Waals surface area contributed by atoms with E-state index >= 15 is 0 Å². The third-order valence-electron chi connectivity index (χ3n) is 4.52. The second kappa shape index (κ2) is 8.85. The van der Waals surface area contributed by atoms with Crippen LogP contribution in [0.3, 0.4) is 0 Å². The van der Waals surface area contributed by atoms with Crippen molar-refractivity contribution in [2.45, 2.75) is 4.90 Å². The summed E-state index contributed by atoms with van der Waals surface area (Å²) in [6.07, 6.45) is 1.50. The number of nitrogens with zero attached hydrogens (tertiary/aromatic N) is 2. The van der Waals surface area contributed by atoms with Gasteiger partial charge in [-0.2, -0.15) is 0 Å². The van der Waals surface area contributed by atoms with Crippen LogP contribution in [0.2, 0.25) is 0 Å². The average Bonchev–Trinajstić information content (AvgIpc) is 2.81. The molecule has 1 heterocycles. The molecule has 0 aliphatic carbocycles. The van der Waals surface area contributed by atoms with Crippen LogP contribution >= 0.6 is 0 Å². The summed E-state index contributed by atoms with van der Waals surface area (Å²) in [5, 5.41) is 3.21. The van der Waals surface area contributed by atoms with E-state index in [9.17, 15) is 8.42 Å². The Kier molecular flexibility index (Phi) is 5.81. The van der Waals surface area contributed by atoms with Gasteiger partial charge in [-0.3, -0.25) is 4.72 Å². The topological polar surface area (TPSA) is 93.2 Å². The summed E-state index contributed by atoms with van der Waals surface area (Å²) in [6.45, 7) is 0. The maximum atomic E-state index is 12.6.